The van der Waals surface area contributed by atoms with Gasteiger partial charge in [0.1, 0.15) is 12.4 Å². The second-order valence-corrected chi connectivity index (χ2v) is 6.63. The van der Waals surface area contributed by atoms with Crippen molar-refractivity contribution in [3.8, 4) is 5.75 Å². The highest BCUT2D eigenvalue weighted by molar-refractivity contribution is 5.95. The lowest BCUT2D eigenvalue weighted by atomic mass is 9.84. The fourth-order valence-corrected chi connectivity index (χ4v) is 3.85. The van der Waals surface area contributed by atoms with Gasteiger partial charge >= 0.3 is 0 Å². The van der Waals surface area contributed by atoms with E-state index in [0.29, 0.717) is 18.6 Å². The molecule has 0 saturated carbocycles. The van der Waals surface area contributed by atoms with Crippen LogP contribution in [0.2, 0.25) is 0 Å². The molecule has 3 fully saturated rings. The number of rotatable bonds is 2. The van der Waals surface area contributed by atoms with Crippen LogP contribution in [0, 0.1) is 5.92 Å². The first-order valence-corrected chi connectivity index (χ1v) is 8.18. The third-order valence-electron chi connectivity index (χ3n) is 5.27. The number of allylic oxidation sites excluding steroid dienone is 1. The Balaban J connectivity index is 1.51. The predicted octanol–water partition coefficient (Wildman–Crippen LogP) is 2.31. The molecule has 116 valence electrons. The van der Waals surface area contributed by atoms with Gasteiger partial charge < -0.3 is 15.0 Å². The van der Waals surface area contributed by atoms with E-state index in [1.54, 1.807) is 0 Å². The van der Waals surface area contributed by atoms with Crippen molar-refractivity contribution in [2.24, 2.45) is 5.92 Å². The normalized spacial score (nSPS) is 29.3. The molecule has 1 amide bonds. The molecule has 1 aromatic carbocycles. The van der Waals surface area contributed by atoms with Crippen molar-refractivity contribution >= 4 is 11.5 Å². The lowest BCUT2D eigenvalue weighted by Gasteiger charge is -2.44. The maximum atomic E-state index is 12.6. The summed E-state index contributed by atoms with van der Waals surface area (Å²) < 4.78 is 5.60. The molecular formula is C18H22N2O2. The van der Waals surface area contributed by atoms with Gasteiger partial charge in [-0.15, -0.1) is 0 Å². The van der Waals surface area contributed by atoms with E-state index < -0.39 is 0 Å². The first-order chi connectivity index (χ1) is 10.7. The summed E-state index contributed by atoms with van der Waals surface area (Å²) in [6.07, 6.45) is 4.48. The number of nitrogens with one attached hydrogen (secondary N) is 1. The molecule has 3 saturated heterocycles. The molecule has 1 atom stereocenters. The topological polar surface area (TPSA) is 41.6 Å². The fourth-order valence-electron chi connectivity index (χ4n) is 3.85. The number of amides is 1. The number of piperidine rings is 3. The molecule has 4 aliphatic heterocycles. The Bertz CT molecular complexity index is 630. The number of ether oxygens (including phenoxy) is 1. The van der Waals surface area contributed by atoms with E-state index in [1.807, 2.05) is 18.2 Å². The molecule has 2 bridgehead atoms. The highest BCUT2D eigenvalue weighted by atomic mass is 16.5. The zero-order valence-corrected chi connectivity index (χ0v) is 13.0. The minimum absolute atomic E-state index is 0.0416. The number of carbonyl (C=O) groups is 1. The van der Waals surface area contributed by atoms with Crippen LogP contribution in [-0.2, 0) is 0 Å². The maximum absolute atomic E-state index is 12.6. The van der Waals surface area contributed by atoms with Gasteiger partial charge in [-0.2, -0.15) is 0 Å². The lowest BCUT2D eigenvalue weighted by Crippen LogP contribution is -2.57. The second-order valence-electron chi connectivity index (χ2n) is 6.63. The average molecular weight is 298 g/mol. The monoisotopic (exact) mass is 298 g/mol. The van der Waals surface area contributed by atoms with E-state index in [-0.39, 0.29) is 5.91 Å². The van der Waals surface area contributed by atoms with Gasteiger partial charge in [0.15, 0.2) is 0 Å². The molecule has 4 heteroatoms. The minimum Gasteiger partial charge on any atom is -0.489 e. The van der Waals surface area contributed by atoms with Crippen LogP contribution in [-0.4, -0.2) is 43.1 Å². The fraction of sp³-hybridized carbons (Fsp3) is 0.500. The van der Waals surface area contributed by atoms with Crippen LogP contribution in [0.3, 0.4) is 0 Å². The zero-order valence-electron chi connectivity index (χ0n) is 13.0. The highest BCUT2D eigenvalue weighted by Gasteiger charge is 2.35. The summed E-state index contributed by atoms with van der Waals surface area (Å²) >= 11 is 0. The highest BCUT2D eigenvalue weighted by Crippen LogP contribution is 2.31. The van der Waals surface area contributed by atoms with E-state index >= 15 is 0 Å². The Morgan fingerprint density at radius 1 is 1.32 bits per heavy atom. The maximum Gasteiger partial charge on any atom is 0.251 e. The number of fused-ring (bicyclic) bond motifs is 4. The van der Waals surface area contributed by atoms with Crippen LogP contribution in [0.5, 0.6) is 5.75 Å². The van der Waals surface area contributed by atoms with E-state index in [9.17, 15) is 4.79 Å². The van der Waals surface area contributed by atoms with E-state index in [4.69, 9.17) is 4.74 Å². The number of hydrogen-bond donors (Lipinski definition) is 1. The second kappa shape index (κ2) is 5.43. The molecule has 5 rings (SSSR count). The number of hydrogen-bond acceptors (Lipinski definition) is 3. The van der Waals surface area contributed by atoms with Crippen molar-refractivity contribution < 1.29 is 9.53 Å². The van der Waals surface area contributed by atoms with E-state index in [2.05, 4.69) is 23.2 Å². The molecule has 22 heavy (non-hydrogen) atoms. The molecule has 4 heterocycles. The first-order valence-electron chi connectivity index (χ1n) is 8.18. The van der Waals surface area contributed by atoms with Crippen molar-refractivity contribution in [1.29, 1.82) is 0 Å². The molecule has 4 aliphatic rings. The van der Waals surface area contributed by atoms with Gasteiger partial charge in [-0.25, -0.2) is 0 Å². The summed E-state index contributed by atoms with van der Waals surface area (Å²) in [4.78, 5) is 15.0. The van der Waals surface area contributed by atoms with Crippen molar-refractivity contribution in [2.75, 3.05) is 26.2 Å². The van der Waals surface area contributed by atoms with Crippen molar-refractivity contribution in [3.63, 3.8) is 0 Å². The molecule has 0 aromatic heterocycles. The van der Waals surface area contributed by atoms with Gasteiger partial charge in [0.25, 0.3) is 5.91 Å². The van der Waals surface area contributed by atoms with Crippen LogP contribution in [0.25, 0.3) is 5.57 Å². The van der Waals surface area contributed by atoms with Gasteiger partial charge in [-0.1, -0.05) is 0 Å². The standard InChI is InChI=1S/C18H22N2O2/c1-12-6-9-22-17-3-2-14(10-15(12)17)18(21)19-16-11-20-7-4-13(16)5-8-20/h2-3,6,10,13,16H,4-5,7-9,11H2,1H3,(H,19,21)/t16-/m0/s1. The first kappa shape index (κ1) is 13.8. The van der Waals surface area contributed by atoms with Crippen LogP contribution >= 0.6 is 0 Å². The van der Waals surface area contributed by atoms with Gasteiger partial charge in [0, 0.05) is 23.7 Å². The predicted molar refractivity (Wildman–Crippen MR) is 86.0 cm³/mol. The lowest BCUT2D eigenvalue weighted by molar-refractivity contribution is 0.0620. The minimum atomic E-state index is 0.0416. The van der Waals surface area contributed by atoms with Gasteiger partial charge in [0.05, 0.1) is 0 Å². The number of carbonyl (C=O) groups excluding carboxylic acids is 1. The SMILES string of the molecule is CC1=CCOc2ccc(C(=O)N[C@H]3CN4CCC3CC4)cc21. The smallest absolute Gasteiger partial charge is 0.251 e. The molecular weight excluding hydrogens is 276 g/mol. The number of nitrogens with zero attached hydrogens (tertiary/aromatic N) is 1. The molecule has 0 spiro atoms. The van der Waals surface area contributed by atoms with Gasteiger partial charge in [-0.05, 0) is 68.6 Å². The zero-order chi connectivity index (χ0) is 15.1. The third-order valence-corrected chi connectivity index (χ3v) is 5.27. The summed E-state index contributed by atoms with van der Waals surface area (Å²) in [5.74, 6) is 1.57. The van der Waals surface area contributed by atoms with Crippen LogP contribution in [0.4, 0.5) is 0 Å². The number of benzene rings is 1. The van der Waals surface area contributed by atoms with Crippen LogP contribution < -0.4 is 10.1 Å². The Morgan fingerprint density at radius 3 is 2.86 bits per heavy atom. The largest absolute Gasteiger partial charge is 0.489 e. The van der Waals surface area contributed by atoms with Crippen molar-refractivity contribution in [3.05, 3.63) is 35.4 Å². The van der Waals surface area contributed by atoms with E-state index in [0.717, 1.165) is 23.4 Å². The summed E-state index contributed by atoms with van der Waals surface area (Å²) in [6.45, 7) is 6.07. The quantitative estimate of drug-likeness (QED) is 0.911. The Morgan fingerprint density at radius 2 is 2.14 bits per heavy atom. The molecule has 4 nitrogen and oxygen atoms in total. The Labute approximate surface area is 131 Å². The van der Waals surface area contributed by atoms with Crippen molar-refractivity contribution in [2.45, 2.75) is 25.8 Å². The molecule has 0 radical (unpaired) electrons. The molecule has 0 aliphatic carbocycles. The van der Waals surface area contributed by atoms with Crippen LogP contribution in [0.15, 0.2) is 24.3 Å². The molecule has 1 aromatic rings. The summed E-state index contributed by atoms with van der Waals surface area (Å²) in [5.41, 5.74) is 2.94. The third kappa shape index (κ3) is 2.41. The van der Waals surface area contributed by atoms with Crippen LogP contribution in [0.1, 0.15) is 35.7 Å². The Kier molecular flexibility index (Phi) is 3.41. The molecule has 0 unspecified atom stereocenters. The Hall–Kier alpha value is -1.81. The van der Waals surface area contributed by atoms with Gasteiger partial charge in [0.2, 0.25) is 0 Å². The van der Waals surface area contributed by atoms with Gasteiger partial charge in [-0.3, -0.25) is 4.79 Å². The van der Waals surface area contributed by atoms with E-state index in [1.165, 1.54) is 31.5 Å². The molecule has 1 N–H and O–H groups in total. The average Bonchev–Trinajstić information content (AvgIpc) is 2.56. The summed E-state index contributed by atoms with van der Waals surface area (Å²) in [5, 5.41) is 3.25. The summed E-state index contributed by atoms with van der Waals surface area (Å²) in [6, 6.07) is 6.04. The van der Waals surface area contributed by atoms with Crippen molar-refractivity contribution in [1.82, 2.24) is 10.2 Å². The summed E-state index contributed by atoms with van der Waals surface area (Å²) in [7, 11) is 0.